The maximum Gasteiger partial charge on any atom is 0.259 e. The first-order valence-electron chi connectivity index (χ1n) is 13.6. The highest BCUT2D eigenvalue weighted by atomic mass is 32.2. The van der Waals surface area contributed by atoms with Crippen LogP contribution in [0.15, 0.2) is 41.3 Å². The van der Waals surface area contributed by atoms with Crippen molar-refractivity contribution in [3.63, 3.8) is 0 Å². The molecule has 3 saturated heterocycles. The summed E-state index contributed by atoms with van der Waals surface area (Å²) in [5.41, 5.74) is 0.817. The van der Waals surface area contributed by atoms with E-state index in [9.17, 15) is 13.2 Å². The van der Waals surface area contributed by atoms with Crippen molar-refractivity contribution >= 4 is 33.3 Å². The monoisotopic (exact) mass is 539 g/mol. The lowest BCUT2D eigenvalue weighted by Gasteiger charge is -2.35. The average Bonchev–Trinajstić information content (AvgIpc) is 3.28. The fraction of sp³-hybridized carbons (Fsp3) is 0.571. The number of hydrogen-bond donors (Lipinski definition) is 2. The minimum atomic E-state index is -3.73. The van der Waals surface area contributed by atoms with Gasteiger partial charge >= 0.3 is 0 Å². The second-order valence-electron chi connectivity index (χ2n) is 12.4. The fourth-order valence-corrected chi connectivity index (χ4v) is 7.43. The number of amides is 1. The third-order valence-electron chi connectivity index (χ3n) is 8.22. The van der Waals surface area contributed by atoms with E-state index in [1.165, 1.54) is 25.0 Å². The molecule has 2 bridgehead atoms. The van der Waals surface area contributed by atoms with E-state index < -0.39 is 15.6 Å². The van der Waals surface area contributed by atoms with Crippen LogP contribution >= 0.6 is 0 Å². The maximum absolute atomic E-state index is 13.6. The van der Waals surface area contributed by atoms with E-state index >= 15 is 0 Å². The van der Waals surface area contributed by atoms with E-state index in [4.69, 9.17) is 9.72 Å². The molecule has 1 amide bonds. The molecule has 0 radical (unpaired) electrons. The number of sulfonamides is 1. The van der Waals surface area contributed by atoms with Crippen LogP contribution in [0, 0.1) is 5.41 Å². The van der Waals surface area contributed by atoms with Crippen molar-refractivity contribution in [1.29, 1.82) is 0 Å². The number of aromatic nitrogens is 1. The van der Waals surface area contributed by atoms with E-state index in [0.29, 0.717) is 28.5 Å². The first kappa shape index (κ1) is 25.6. The number of nitrogens with one attached hydrogen (secondary N) is 2. The van der Waals surface area contributed by atoms with Gasteiger partial charge in [-0.15, -0.1) is 0 Å². The van der Waals surface area contributed by atoms with Crippen LogP contribution in [-0.4, -0.2) is 63.2 Å². The number of hydrogen-bond acceptors (Lipinski definition) is 7. The number of piperidine rings is 1. The Balaban J connectivity index is 1.27. The molecule has 4 fully saturated rings. The van der Waals surface area contributed by atoms with Crippen LogP contribution in [0.25, 0.3) is 0 Å². The number of ether oxygens (including phenoxy) is 1. The van der Waals surface area contributed by atoms with Gasteiger partial charge < -0.3 is 19.9 Å². The van der Waals surface area contributed by atoms with E-state index in [-0.39, 0.29) is 16.9 Å². The molecule has 38 heavy (non-hydrogen) atoms. The summed E-state index contributed by atoms with van der Waals surface area (Å²) >= 11 is 0. The number of nitrogens with zero attached hydrogens (tertiary/aromatic N) is 3. The van der Waals surface area contributed by atoms with Crippen LogP contribution in [0.1, 0.15) is 63.2 Å². The van der Waals surface area contributed by atoms with Gasteiger partial charge in [-0.25, -0.2) is 18.1 Å². The quantitative estimate of drug-likeness (QED) is 0.576. The molecule has 2 N–H and O–H groups in total. The predicted molar refractivity (Wildman–Crippen MR) is 147 cm³/mol. The Morgan fingerprint density at radius 2 is 1.87 bits per heavy atom. The lowest BCUT2D eigenvalue weighted by Crippen LogP contribution is -2.40. The molecular formula is C28H37N5O4S. The molecule has 1 saturated carbocycles. The van der Waals surface area contributed by atoms with Crippen LogP contribution in [0.5, 0.6) is 0 Å². The van der Waals surface area contributed by atoms with Gasteiger partial charge in [0.15, 0.2) is 0 Å². The zero-order valence-corrected chi connectivity index (χ0v) is 23.2. The van der Waals surface area contributed by atoms with Crippen LogP contribution in [0.3, 0.4) is 0 Å². The van der Waals surface area contributed by atoms with Crippen molar-refractivity contribution < 1.29 is 17.9 Å². The van der Waals surface area contributed by atoms with Gasteiger partial charge in [-0.3, -0.25) is 4.79 Å². The Morgan fingerprint density at radius 1 is 1.11 bits per heavy atom. The minimum absolute atomic E-state index is 0.107. The molecule has 2 atom stereocenters. The summed E-state index contributed by atoms with van der Waals surface area (Å²) < 4.78 is 34.1. The molecule has 9 nitrogen and oxygen atoms in total. The molecule has 6 rings (SSSR count). The molecule has 4 aliphatic rings. The molecule has 1 aromatic heterocycles. The van der Waals surface area contributed by atoms with Crippen molar-refractivity contribution in [1.82, 2.24) is 9.71 Å². The highest BCUT2D eigenvalue weighted by molar-refractivity contribution is 7.89. The summed E-state index contributed by atoms with van der Waals surface area (Å²) in [6, 6.07) is 10.5. The van der Waals surface area contributed by atoms with Crippen molar-refractivity contribution in [3.8, 4) is 0 Å². The number of pyridine rings is 1. The van der Waals surface area contributed by atoms with Gasteiger partial charge in [0, 0.05) is 30.9 Å². The minimum Gasteiger partial charge on any atom is -0.374 e. The van der Waals surface area contributed by atoms with Gasteiger partial charge in [0.1, 0.15) is 11.6 Å². The molecule has 1 spiro atoms. The highest BCUT2D eigenvalue weighted by Gasteiger charge is 2.45. The van der Waals surface area contributed by atoms with Gasteiger partial charge in [0.05, 0.1) is 29.2 Å². The Kier molecular flexibility index (Phi) is 6.20. The van der Waals surface area contributed by atoms with Crippen molar-refractivity contribution in [2.75, 3.05) is 41.4 Å². The Labute approximate surface area is 225 Å². The molecule has 1 aliphatic carbocycles. The summed E-state index contributed by atoms with van der Waals surface area (Å²) in [4.78, 5) is 23.3. The smallest absolute Gasteiger partial charge is 0.259 e. The molecule has 0 unspecified atom stereocenters. The molecule has 1 aromatic carbocycles. The first-order chi connectivity index (χ1) is 18.0. The summed E-state index contributed by atoms with van der Waals surface area (Å²) in [7, 11) is -3.73. The molecule has 10 heteroatoms. The van der Waals surface area contributed by atoms with Crippen LogP contribution in [0.4, 0.5) is 17.3 Å². The molecule has 3 aliphatic heterocycles. The number of rotatable bonds is 6. The number of benzene rings is 1. The van der Waals surface area contributed by atoms with Crippen LogP contribution in [0.2, 0.25) is 0 Å². The third kappa shape index (κ3) is 5.13. The fourth-order valence-electron chi connectivity index (χ4n) is 5.97. The zero-order valence-electron chi connectivity index (χ0n) is 22.4. The second-order valence-corrected chi connectivity index (χ2v) is 14.0. The topological polar surface area (TPSA) is 104 Å². The second kappa shape index (κ2) is 9.20. The van der Waals surface area contributed by atoms with Gasteiger partial charge in [-0.1, -0.05) is 6.07 Å². The number of carbonyl (C=O) groups excluding carboxylic acids is 1. The maximum atomic E-state index is 13.6. The van der Waals surface area contributed by atoms with Gasteiger partial charge in [-0.05, 0) is 88.6 Å². The first-order valence-corrected chi connectivity index (χ1v) is 15.1. The highest BCUT2D eigenvalue weighted by Crippen LogP contribution is 2.54. The molecule has 2 aromatic rings. The normalized spacial score (nSPS) is 24.2. The number of fused-ring (bicyclic) bond motifs is 2. The van der Waals surface area contributed by atoms with E-state index in [1.807, 2.05) is 12.1 Å². The van der Waals surface area contributed by atoms with Gasteiger partial charge in [-0.2, -0.15) is 0 Å². The van der Waals surface area contributed by atoms with E-state index in [0.717, 1.165) is 51.3 Å². The van der Waals surface area contributed by atoms with Gasteiger partial charge in [0.25, 0.3) is 5.91 Å². The summed E-state index contributed by atoms with van der Waals surface area (Å²) in [6.45, 7) is 8.70. The largest absolute Gasteiger partial charge is 0.374 e. The number of anilines is 3. The average molecular weight is 540 g/mol. The predicted octanol–water partition coefficient (Wildman–Crippen LogP) is 3.77. The number of carbonyl (C=O) groups is 1. The summed E-state index contributed by atoms with van der Waals surface area (Å²) in [5.74, 6) is 1.30. The molecular weight excluding hydrogens is 502 g/mol. The number of morpholine rings is 1. The molecule has 204 valence electrons. The molecule has 4 heterocycles. The van der Waals surface area contributed by atoms with Crippen LogP contribution < -0.4 is 19.8 Å². The van der Waals surface area contributed by atoms with Gasteiger partial charge in [0.2, 0.25) is 10.0 Å². The SMILES string of the molecule is CC(C)(C)NS(=O)(=O)c1cccc(NC(=O)c2ccc(N3C[C@H]4C[C@@H]3CO4)nc2N2CCC3(CC2)CC3)c1. The Hall–Kier alpha value is -2.69. The Bertz CT molecular complexity index is 1340. The van der Waals surface area contributed by atoms with Crippen molar-refractivity contribution in [2.45, 2.75) is 75.5 Å². The van der Waals surface area contributed by atoms with Crippen LogP contribution in [-0.2, 0) is 14.8 Å². The van der Waals surface area contributed by atoms with Crippen molar-refractivity contribution in [2.24, 2.45) is 5.41 Å². The lowest BCUT2D eigenvalue weighted by atomic mass is 9.93. The summed E-state index contributed by atoms with van der Waals surface area (Å²) in [5, 5.41) is 2.93. The Morgan fingerprint density at radius 3 is 2.50 bits per heavy atom. The van der Waals surface area contributed by atoms with E-state index in [2.05, 4.69) is 19.8 Å². The third-order valence-corrected chi connectivity index (χ3v) is 9.98. The van der Waals surface area contributed by atoms with Crippen molar-refractivity contribution in [3.05, 3.63) is 42.0 Å². The lowest BCUT2D eigenvalue weighted by molar-refractivity contribution is 0.0988. The summed E-state index contributed by atoms with van der Waals surface area (Å²) in [6.07, 6.45) is 6.15. The van der Waals surface area contributed by atoms with E-state index in [1.54, 1.807) is 32.9 Å². The zero-order chi connectivity index (χ0) is 26.7. The standard InChI is InChI=1S/C28H37N5O4S/c1-27(2,3)31-38(35,36)22-6-4-5-19(15-22)29-26(34)23-7-8-24(33-17-21-16-20(33)18-37-21)30-25(23)32-13-11-28(9-10-28)12-14-32/h4-8,15,20-21,31H,9-14,16-18H2,1-3H3,(H,29,34)/t20-,21-/m1/s1.